The molecule has 1 aromatic rings. The molecule has 0 aliphatic carbocycles. The second-order valence-corrected chi connectivity index (χ2v) is 4.67. The van der Waals surface area contributed by atoms with E-state index in [1.165, 1.54) is 0 Å². The largest absolute Gasteiger partial charge is 0.481 e. The van der Waals surface area contributed by atoms with Crippen molar-refractivity contribution in [1.82, 2.24) is 9.78 Å². The van der Waals surface area contributed by atoms with Crippen LogP contribution in [0.2, 0.25) is 0 Å². The van der Waals surface area contributed by atoms with E-state index in [4.69, 9.17) is 5.11 Å². The summed E-state index contributed by atoms with van der Waals surface area (Å²) < 4.78 is 13.1. The van der Waals surface area contributed by atoms with Crippen LogP contribution in [0.3, 0.4) is 0 Å². The zero-order chi connectivity index (χ0) is 11.4. The minimum atomic E-state index is -1.36. The van der Waals surface area contributed by atoms with Gasteiger partial charge in [0.2, 0.25) is 0 Å². The molecule has 0 fully saturated rings. The van der Waals surface area contributed by atoms with Crippen molar-refractivity contribution in [2.45, 2.75) is 26.1 Å². The van der Waals surface area contributed by atoms with Crippen LogP contribution in [-0.2, 0) is 27.9 Å². The standard InChI is InChI=1S/C9H14N2O3S/c1-3-11-8(4-7(2)10-11)5-15(14)6-9(12)13/h4H,3,5-6H2,1-2H3,(H,12,13). The Hall–Kier alpha value is -1.17. The van der Waals surface area contributed by atoms with E-state index in [9.17, 15) is 9.00 Å². The molecule has 0 bridgehead atoms. The topological polar surface area (TPSA) is 72.2 Å². The van der Waals surface area contributed by atoms with Crippen LogP contribution in [0, 0.1) is 6.92 Å². The first-order valence-electron chi connectivity index (χ1n) is 4.63. The van der Waals surface area contributed by atoms with Crippen molar-refractivity contribution in [2.75, 3.05) is 5.75 Å². The molecule has 1 rings (SSSR count). The third-order valence-electron chi connectivity index (χ3n) is 1.88. The third kappa shape index (κ3) is 3.47. The van der Waals surface area contributed by atoms with Gasteiger partial charge in [-0.15, -0.1) is 0 Å². The zero-order valence-corrected chi connectivity index (χ0v) is 9.58. The average molecular weight is 230 g/mol. The predicted octanol–water partition coefficient (Wildman–Crippen LogP) is 0.545. The van der Waals surface area contributed by atoms with Gasteiger partial charge in [-0.25, -0.2) is 0 Å². The minimum Gasteiger partial charge on any atom is -0.481 e. The normalized spacial score (nSPS) is 12.7. The molecule has 0 spiro atoms. The molecule has 1 N–H and O–H groups in total. The number of rotatable bonds is 5. The number of carboxylic acid groups (broad SMARTS) is 1. The summed E-state index contributed by atoms with van der Waals surface area (Å²) in [6.07, 6.45) is 0. The van der Waals surface area contributed by atoms with Gasteiger partial charge in [-0.3, -0.25) is 13.7 Å². The summed E-state index contributed by atoms with van der Waals surface area (Å²) in [5, 5.41) is 12.7. The molecular formula is C9H14N2O3S. The lowest BCUT2D eigenvalue weighted by atomic mass is 10.4. The fourth-order valence-corrected chi connectivity index (χ4v) is 2.28. The van der Waals surface area contributed by atoms with Gasteiger partial charge < -0.3 is 5.11 Å². The van der Waals surface area contributed by atoms with Crippen molar-refractivity contribution >= 4 is 16.8 Å². The summed E-state index contributed by atoms with van der Waals surface area (Å²) in [4.78, 5) is 10.3. The first-order valence-corrected chi connectivity index (χ1v) is 6.11. The van der Waals surface area contributed by atoms with Gasteiger partial charge in [-0.2, -0.15) is 5.10 Å². The molecule has 1 heterocycles. The summed E-state index contributed by atoms with van der Waals surface area (Å²) in [6, 6.07) is 1.84. The Morgan fingerprint density at radius 2 is 2.33 bits per heavy atom. The van der Waals surface area contributed by atoms with Crippen molar-refractivity contribution in [1.29, 1.82) is 0 Å². The summed E-state index contributed by atoms with van der Waals surface area (Å²) in [6.45, 7) is 4.50. The highest BCUT2D eigenvalue weighted by Crippen LogP contribution is 2.06. The van der Waals surface area contributed by atoms with E-state index in [0.717, 1.165) is 11.4 Å². The summed E-state index contributed by atoms with van der Waals surface area (Å²) in [5.41, 5.74) is 1.69. The van der Waals surface area contributed by atoms with Gasteiger partial charge in [0.25, 0.3) is 0 Å². The molecule has 0 saturated carbocycles. The molecule has 84 valence electrons. The van der Waals surface area contributed by atoms with Crippen LogP contribution in [0.15, 0.2) is 6.07 Å². The molecule has 0 aliphatic heterocycles. The highest BCUT2D eigenvalue weighted by atomic mass is 32.2. The van der Waals surface area contributed by atoms with Crippen molar-refractivity contribution in [3.63, 3.8) is 0 Å². The zero-order valence-electron chi connectivity index (χ0n) is 8.77. The Morgan fingerprint density at radius 1 is 1.67 bits per heavy atom. The molecule has 0 amide bonds. The van der Waals surface area contributed by atoms with Gasteiger partial charge in [-0.05, 0) is 19.9 Å². The number of nitrogens with zero attached hydrogens (tertiary/aromatic N) is 2. The van der Waals surface area contributed by atoms with E-state index >= 15 is 0 Å². The van der Waals surface area contributed by atoms with Crippen LogP contribution in [0.1, 0.15) is 18.3 Å². The van der Waals surface area contributed by atoms with Gasteiger partial charge in [0.15, 0.2) is 0 Å². The minimum absolute atomic E-state index is 0.251. The third-order valence-corrected chi connectivity index (χ3v) is 3.07. The van der Waals surface area contributed by atoms with E-state index < -0.39 is 16.8 Å². The maximum Gasteiger partial charge on any atom is 0.316 e. The second-order valence-electron chi connectivity index (χ2n) is 3.22. The molecule has 15 heavy (non-hydrogen) atoms. The van der Waals surface area contributed by atoms with Gasteiger partial charge in [0.05, 0.1) is 17.1 Å². The lowest BCUT2D eigenvalue weighted by Crippen LogP contribution is -2.13. The first-order chi connectivity index (χ1) is 7.02. The monoisotopic (exact) mass is 230 g/mol. The molecule has 0 radical (unpaired) electrons. The molecule has 0 aliphatic rings. The van der Waals surface area contributed by atoms with Crippen LogP contribution in [-0.4, -0.2) is 30.8 Å². The SMILES string of the molecule is CCn1nc(C)cc1CS(=O)CC(=O)O. The molecular weight excluding hydrogens is 216 g/mol. The number of aliphatic carboxylic acids is 1. The van der Waals surface area contributed by atoms with Crippen molar-refractivity contribution in [3.8, 4) is 0 Å². The Kier molecular flexibility index (Phi) is 4.02. The summed E-state index contributed by atoms with van der Waals surface area (Å²) in [5.74, 6) is -1.10. The first kappa shape index (κ1) is 11.9. The quantitative estimate of drug-likeness (QED) is 0.801. The lowest BCUT2D eigenvalue weighted by molar-refractivity contribution is -0.133. The fraction of sp³-hybridized carbons (Fsp3) is 0.556. The van der Waals surface area contributed by atoms with Crippen molar-refractivity contribution in [3.05, 3.63) is 17.5 Å². The van der Waals surface area contributed by atoms with E-state index in [1.807, 2.05) is 19.9 Å². The Labute approximate surface area is 90.6 Å². The number of carboxylic acids is 1. The van der Waals surface area contributed by atoms with Gasteiger partial charge in [-0.1, -0.05) is 0 Å². The van der Waals surface area contributed by atoms with Crippen molar-refractivity contribution in [2.24, 2.45) is 0 Å². The highest BCUT2D eigenvalue weighted by Gasteiger charge is 2.11. The van der Waals surface area contributed by atoms with Crippen LogP contribution < -0.4 is 0 Å². The molecule has 6 heteroatoms. The Balaban J connectivity index is 2.71. The van der Waals surface area contributed by atoms with E-state index in [0.29, 0.717) is 6.54 Å². The number of aromatic nitrogens is 2. The number of hydrogen-bond acceptors (Lipinski definition) is 3. The smallest absolute Gasteiger partial charge is 0.316 e. The van der Waals surface area contributed by atoms with Crippen molar-refractivity contribution < 1.29 is 14.1 Å². The molecule has 0 saturated heterocycles. The second kappa shape index (κ2) is 5.06. The van der Waals surface area contributed by atoms with E-state index in [2.05, 4.69) is 5.10 Å². The molecule has 5 nitrogen and oxygen atoms in total. The van der Waals surface area contributed by atoms with E-state index in [-0.39, 0.29) is 11.5 Å². The average Bonchev–Trinajstić information content (AvgIpc) is 2.44. The van der Waals surface area contributed by atoms with Gasteiger partial charge >= 0.3 is 5.97 Å². The highest BCUT2D eigenvalue weighted by molar-refractivity contribution is 7.84. The Morgan fingerprint density at radius 3 is 2.87 bits per heavy atom. The molecule has 0 aromatic carbocycles. The molecule has 1 unspecified atom stereocenters. The van der Waals surface area contributed by atoms with Crippen LogP contribution >= 0.6 is 0 Å². The van der Waals surface area contributed by atoms with Gasteiger partial charge in [0.1, 0.15) is 5.75 Å². The van der Waals surface area contributed by atoms with Gasteiger partial charge in [0, 0.05) is 17.3 Å². The fourth-order valence-electron chi connectivity index (χ4n) is 1.34. The van der Waals surface area contributed by atoms with Crippen LogP contribution in [0.4, 0.5) is 0 Å². The number of hydrogen-bond donors (Lipinski definition) is 1. The van der Waals surface area contributed by atoms with E-state index in [1.54, 1.807) is 4.68 Å². The molecule has 1 atom stereocenters. The van der Waals surface area contributed by atoms with Crippen LogP contribution in [0.5, 0.6) is 0 Å². The Bertz CT molecular complexity index is 387. The molecule has 1 aromatic heterocycles. The number of carbonyl (C=O) groups is 1. The predicted molar refractivity (Wildman–Crippen MR) is 57.0 cm³/mol. The maximum absolute atomic E-state index is 11.4. The lowest BCUT2D eigenvalue weighted by Gasteiger charge is -2.02. The maximum atomic E-state index is 11.4. The van der Waals surface area contributed by atoms with Crippen LogP contribution in [0.25, 0.3) is 0 Å². The number of aryl methyl sites for hydroxylation is 2. The summed E-state index contributed by atoms with van der Waals surface area (Å²) in [7, 11) is -1.36. The summed E-state index contributed by atoms with van der Waals surface area (Å²) >= 11 is 0.